The lowest BCUT2D eigenvalue weighted by Gasteiger charge is -2.21. The molecule has 1 heterocycles. The molecule has 15 heavy (non-hydrogen) atoms. The van der Waals surface area contributed by atoms with Crippen LogP contribution in [0.3, 0.4) is 0 Å². The van der Waals surface area contributed by atoms with Crippen LogP contribution in [0, 0.1) is 11.8 Å². The van der Waals surface area contributed by atoms with Gasteiger partial charge in [0.2, 0.25) is 5.91 Å². The Morgan fingerprint density at radius 1 is 1.60 bits per heavy atom. The van der Waals surface area contributed by atoms with Crippen LogP contribution in [0.15, 0.2) is 0 Å². The highest BCUT2D eigenvalue weighted by molar-refractivity contribution is 5.78. The summed E-state index contributed by atoms with van der Waals surface area (Å²) in [7, 11) is 0. The van der Waals surface area contributed by atoms with E-state index in [1.54, 1.807) is 0 Å². The van der Waals surface area contributed by atoms with E-state index in [9.17, 15) is 4.79 Å². The third kappa shape index (κ3) is 4.20. The van der Waals surface area contributed by atoms with E-state index >= 15 is 0 Å². The largest absolute Gasteiger partial charge is 0.342 e. The van der Waals surface area contributed by atoms with E-state index in [1.165, 1.54) is 6.42 Å². The van der Waals surface area contributed by atoms with Crippen LogP contribution in [0.4, 0.5) is 0 Å². The summed E-state index contributed by atoms with van der Waals surface area (Å²) >= 11 is 0. The van der Waals surface area contributed by atoms with E-state index in [-0.39, 0.29) is 0 Å². The number of nitrogens with zero attached hydrogens (tertiary/aromatic N) is 1. The first-order valence-electron chi connectivity index (χ1n) is 6.12. The summed E-state index contributed by atoms with van der Waals surface area (Å²) in [6.07, 6.45) is 1.92. The standard InChI is InChI=1S/C12H24N2O/c1-4-5-13-7-11(3)9-14-8-10(2)6-12(14)15/h10-11,13H,4-9H2,1-3H3. The second-order valence-corrected chi connectivity index (χ2v) is 4.92. The molecular formula is C12H24N2O. The van der Waals surface area contributed by atoms with Crippen molar-refractivity contribution in [2.75, 3.05) is 26.2 Å². The summed E-state index contributed by atoms with van der Waals surface area (Å²) in [5.41, 5.74) is 0. The van der Waals surface area contributed by atoms with Gasteiger partial charge in [-0.3, -0.25) is 4.79 Å². The van der Waals surface area contributed by atoms with E-state index in [0.29, 0.717) is 17.7 Å². The summed E-state index contributed by atoms with van der Waals surface area (Å²) in [4.78, 5) is 13.6. The number of hydrogen-bond donors (Lipinski definition) is 1. The Kier molecular flexibility index (Phi) is 5.09. The molecule has 2 unspecified atom stereocenters. The average Bonchev–Trinajstić information content (AvgIpc) is 2.45. The molecule has 0 aromatic carbocycles. The molecule has 1 aliphatic rings. The second-order valence-electron chi connectivity index (χ2n) is 4.92. The molecule has 1 fully saturated rings. The zero-order chi connectivity index (χ0) is 11.3. The molecule has 0 aromatic heterocycles. The molecule has 1 amide bonds. The monoisotopic (exact) mass is 212 g/mol. The first-order valence-corrected chi connectivity index (χ1v) is 6.12. The third-order valence-corrected chi connectivity index (χ3v) is 2.86. The molecule has 88 valence electrons. The van der Waals surface area contributed by atoms with Crippen LogP contribution in [0.2, 0.25) is 0 Å². The Balaban J connectivity index is 2.19. The molecule has 3 nitrogen and oxygen atoms in total. The highest BCUT2D eigenvalue weighted by atomic mass is 16.2. The normalized spacial score (nSPS) is 23.5. The quantitative estimate of drug-likeness (QED) is 0.677. The van der Waals surface area contributed by atoms with E-state index in [1.807, 2.05) is 4.90 Å². The van der Waals surface area contributed by atoms with Crippen molar-refractivity contribution < 1.29 is 4.79 Å². The van der Waals surface area contributed by atoms with Crippen LogP contribution in [-0.2, 0) is 4.79 Å². The van der Waals surface area contributed by atoms with Crippen molar-refractivity contribution in [3.05, 3.63) is 0 Å². The predicted molar refractivity (Wildman–Crippen MR) is 62.7 cm³/mol. The molecule has 1 saturated heterocycles. The molecule has 0 aromatic rings. The maximum atomic E-state index is 11.6. The molecule has 0 spiro atoms. The van der Waals surface area contributed by atoms with Gasteiger partial charge in [-0.2, -0.15) is 0 Å². The molecule has 2 atom stereocenters. The summed E-state index contributed by atoms with van der Waals surface area (Å²) < 4.78 is 0. The molecule has 1 rings (SSSR count). The van der Waals surface area contributed by atoms with E-state index in [0.717, 1.165) is 32.6 Å². The summed E-state index contributed by atoms with van der Waals surface area (Å²) in [5.74, 6) is 1.45. The SMILES string of the molecule is CCCNCC(C)CN1CC(C)CC1=O. The summed E-state index contributed by atoms with van der Waals surface area (Å²) in [5, 5.41) is 3.40. The minimum Gasteiger partial charge on any atom is -0.342 e. The lowest BCUT2D eigenvalue weighted by Crippen LogP contribution is -2.34. The van der Waals surface area contributed by atoms with Gasteiger partial charge in [0, 0.05) is 19.5 Å². The van der Waals surface area contributed by atoms with E-state index in [2.05, 4.69) is 26.1 Å². The molecule has 0 aliphatic carbocycles. The minimum absolute atomic E-state index is 0.338. The van der Waals surface area contributed by atoms with Crippen molar-refractivity contribution >= 4 is 5.91 Å². The summed E-state index contributed by atoms with van der Waals surface area (Å²) in [6, 6.07) is 0. The Bertz CT molecular complexity index is 206. The number of likely N-dealkylation sites (tertiary alicyclic amines) is 1. The summed E-state index contributed by atoms with van der Waals surface area (Å²) in [6.45, 7) is 10.5. The first-order chi connectivity index (χ1) is 7.13. The lowest BCUT2D eigenvalue weighted by atomic mass is 10.1. The van der Waals surface area contributed by atoms with Crippen molar-refractivity contribution in [3.8, 4) is 0 Å². The Hall–Kier alpha value is -0.570. The van der Waals surface area contributed by atoms with E-state index < -0.39 is 0 Å². The van der Waals surface area contributed by atoms with Gasteiger partial charge >= 0.3 is 0 Å². The van der Waals surface area contributed by atoms with Crippen molar-refractivity contribution in [2.24, 2.45) is 11.8 Å². The second kappa shape index (κ2) is 6.11. The van der Waals surface area contributed by atoms with Crippen molar-refractivity contribution in [1.82, 2.24) is 10.2 Å². The average molecular weight is 212 g/mol. The number of nitrogens with one attached hydrogen (secondary N) is 1. The molecule has 0 bridgehead atoms. The Morgan fingerprint density at radius 3 is 2.87 bits per heavy atom. The minimum atomic E-state index is 0.338. The fourth-order valence-corrected chi connectivity index (χ4v) is 2.11. The highest BCUT2D eigenvalue weighted by Gasteiger charge is 2.26. The Labute approximate surface area is 93.2 Å². The van der Waals surface area contributed by atoms with Crippen LogP contribution in [0.5, 0.6) is 0 Å². The van der Waals surface area contributed by atoms with Crippen LogP contribution in [-0.4, -0.2) is 37.0 Å². The third-order valence-electron chi connectivity index (χ3n) is 2.86. The van der Waals surface area contributed by atoms with Crippen LogP contribution in [0.25, 0.3) is 0 Å². The van der Waals surface area contributed by atoms with Crippen molar-refractivity contribution in [3.63, 3.8) is 0 Å². The van der Waals surface area contributed by atoms with Crippen LogP contribution in [0.1, 0.15) is 33.6 Å². The molecule has 3 heteroatoms. The number of carbonyl (C=O) groups is 1. The zero-order valence-electron chi connectivity index (χ0n) is 10.3. The predicted octanol–water partition coefficient (Wildman–Crippen LogP) is 1.49. The fraction of sp³-hybridized carbons (Fsp3) is 0.917. The van der Waals surface area contributed by atoms with Gasteiger partial charge in [-0.25, -0.2) is 0 Å². The number of carbonyl (C=O) groups excluding carboxylic acids is 1. The molecular weight excluding hydrogens is 188 g/mol. The van der Waals surface area contributed by atoms with Crippen LogP contribution < -0.4 is 5.32 Å². The number of hydrogen-bond acceptors (Lipinski definition) is 2. The topological polar surface area (TPSA) is 32.3 Å². The Morgan fingerprint density at radius 2 is 2.33 bits per heavy atom. The van der Waals surface area contributed by atoms with Gasteiger partial charge in [0.1, 0.15) is 0 Å². The van der Waals surface area contributed by atoms with Gasteiger partial charge in [0.15, 0.2) is 0 Å². The van der Waals surface area contributed by atoms with Crippen molar-refractivity contribution in [2.45, 2.75) is 33.6 Å². The fourth-order valence-electron chi connectivity index (χ4n) is 2.11. The molecule has 0 radical (unpaired) electrons. The lowest BCUT2D eigenvalue weighted by molar-refractivity contribution is -0.128. The molecule has 1 N–H and O–H groups in total. The van der Waals surface area contributed by atoms with Crippen molar-refractivity contribution in [1.29, 1.82) is 0 Å². The van der Waals surface area contributed by atoms with Gasteiger partial charge in [0.05, 0.1) is 0 Å². The molecule has 1 aliphatic heterocycles. The number of amides is 1. The smallest absolute Gasteiger partial charge is 0.222 e. The van der Waals surface area contributed by atoms with Gasteiger partial charge in [-0.1, -0.05) is 20.8 Å². The van der Waals surface area contributed by atoms with Gasteiger partial charge in [-0.15, -0.1) is 0 Å². The van der Waals surface area contributed by atoms with Gasteiger partial charge in [-0.05, 0) is 31.3 Å². The van der Waals surface area contributed by atoms with E-state index in [4.69, 9.17) is 0 Å². The first kappa shape index (κ1) is 12.5. The maximum Gasteiger partial charge on any atom is 0.222 e. The van der Waals surface area contributed by atoms with Gasteiger partial charge in [0.25, 0.3) is 0 Å². The highest BCUT2D eigenvalue weighted by Crippen LogP contribution is 2.17. The number of rotatable bonds is 6. The zero-order valence-corrected chi connectivity index (χ0v) is 10.3. The van der Waals surface area contributed by atoms with Gasteiger partial charge < -0.3 is 10.2 Å². The van der Waals surface area contributed by atoms with Crippen LogP contribution >= 0.6 is 0 Å². The maximum absolute atomic E-state index is 11.6. The molecule has 0 saturated carbocycles.